The minimum absolute atomic E-state index is 1.13. The molecule has 0 atom stereocenters. The summed E-state index contributed by atoms with van der Waals surface area (Å²) in [5.41, 5.74) is 9.40. The number of para-hydroxylation sites is 4. The maximum atomic E-state index is 2.43. The van der Waals surface area contributed by atoms with E-state index in [0.29, 0.717) is 0 Å². The fraction of sp³-hybridized carbons (Fsp3) is 0. The molecule has 50 heavy (non-hydrogen) atoms. The van der Waals surface area contributed by atoms with E-state index < -0.39 is 0 Å². The van der Waals surface area contributed by atoms with Crippen molar-refractivity contribution in [3.8, 4) is 16.8 Å². The Morgan fingerprint density at radius 3 is 1.50 bits per heavy atom. The highest BCUT2D eigenvalue weighted by Crippen LogP contribution is 2.42. The first-order valence-corrected chi connectivity index (χ1v) is 17.2. The molecule has 0 aliphatic heterocycles. The van der Waals surface area contributed by atoms with E-state index >= 15 is 0 Å². The normalized spacial score (nSPS) is 11.6. The number of benzene rings is 9. The van der Waals surface area contributed by atoms with E-state index in [4.69, 9.17) is 0 Å². The van der Waals surface area contributed by atoms with Gasteiger partial charge in [-0.1, -0.05) is 121 Å². The smallest absolute Gasteiger partial charge is 0.0547 e. The summed E-state index contributed by atoms with van der Waals surface area (Å²) in [6.07, 6.45) is 0. The number of hydrogen-bond acceptors (Lipinski definition) is 1. The van der Waals surface area contributed by atoms with Gasteiger partial charge in [0.2, 0.25) is 0 Å². The molecule has 0 N–H and O–H groups in total. The van der Waals surface area contributed by atoms with Gasteiger partial charge in [0.25, 0.3) is 0 Å². The Morgan fingerprint density at radius 2 is 0.800 bits per heavy atom. The van der Waals surface area contributed by atoms with Crippen molar-refractivity contribution in [1.29, 1.82) is 0 Å². The van der Waals surface area contributed by atoms with Gasteiger partial charge in [0.15, 0.2) is 0 Å². The SMILES string of the molecule is c1ccc(N(c2ccccc2)c2cccc(-c3ccc4c(c3)c3ccccc3c3cc5c(cc43)c3ccccc3n5-c3ccccc3)c2)cc1. The van der Waals surface area contributed by atoms with Crippen LogP contribution in [-0.2, 0) is 0 Å². The van der Waals surface area contributed by atoms with Crippen LogP contribution in [0.4, 0.5) is 17.1 Å². The van der Waals surface area contributed by atoms with Gasteiger partial charge in [-0.05, 0) is 116 Å². The quantitative estimate of drug-likeness (QED) is 0.171. The van der Waals surface area contributed by atoms with Crippen molar-refractivity contribution in [1.82, 2.24) is 4.57 Å². The van der Waals surface area contributed by atoms with Crippen molar-refractivity contribution in [2.75, 3.05) is 4.90 Å². The highest BCUT2D eigenvalue weighted by atomic mass is 15.1. The average molecular weight is 637 g/mol. The Hall–Kier alpha value is -6.64. The zero-order valence-electron chi connectivity index (χ0n) is 27.4. The van der Waals surface area contributed by atoms with Gasteiger partial charge in [-0.2, -0.15) is 0 Å². The second kappa shape index (κ2) is 11.5. The first-order chi connectivity index (χ1) is 24.8. The molecular formula is C48H32N2. The van der Waals surface area contributed by atoms with E-state index in [1.807, 2.05) is 0 Å². The zero-order valence-corrected chi connectivity index (χ0v) is 27.4. The van der Waals surface area contributed by atoms with Crippen LogP contribution < -0.4 is 4.90 Å². The summed E-state index contributed by atoms with van der Waals surface area (Å²) in [5.74, 6) is 0. The van der Waals surface area contributed by atoms with Crippen LogP contribution in [0.25, 0.3) is 70.9 Å². The summed E-state index contributed by atoms with van der Waals surface area (Å²) < 4.78 is 2.41. The molecule has 2 nitrogen and oxygen atoms in total. The number of aromatic nitrogens is 1. The summed E-state index contributed by atoms with van der Waals surface area (Å²) in [4.78, 5) is 2.32. The third kappa shape index (κ3) is 4.50. The fourth-order valence-electron chi connectivity index (χ4n) is 7.88. The molecule has 9 aromatic carbocycles. The Bertz CT molecular complexity index is 2810. The lowest BCUT2D eigenvalue weighted by Gasteiger charge is -2.26. The van der Waals surface area contributed by atoms with Crippen molar-refractivity contribution in [3.05, 3.63) is 194 Å². The van der Waals surface area contributed by atoms with E-state index in [1.165, 1.54) is 70.9 Å². The largest absolute Gasteiger partial charge is 0.310 e. The van der Waals surface area contributed by atoms with Crippen molar-refractivity contribution in [2.45, 2.75) is 0 Å². The Morgan fingerprint density at radius 1 is 0.280 bits per heavy atom. The minimum Gasteiger partial charge on any atom is -0.310 e. The van der Waals surface area contributed by atoms with Crippen LogP contribution in [-0.4, -0.2) is 4.57 Å². The van der Waals surface area contributed by atoms with Gasteiger partial charge in [0, 0.05) is 33.5 Å². The molecule has 10 aromatic rings. The van der Waals surface area contributed by atoms with Crippen LogP contribution in [0.15, 0.2) is 194 Å². The first kappa shape index (κ1) is 28.4. The first-order valence-electron chi connectivity index (χ1n) is 17.2. The number of fused-ring (bicyclic) bond motifs is 9. The standard InChI is InChI=1S/C48H32N2/c1-4-16-35(17-5-1)49(36-18-6-2-7-19-36)38-22-14-15-33(29-38)34-27-28-41-43(30-34)39-23-10-11-24-40(39)45-32-48-46(31-44(41)45)42-25-12-13-26-47(42)50(48)37-20-8-3-9-21-37/h1-32H. The number of nitrogens with zero attached hydrogens (tertiary/aromatic N) is 2. The number of anilines is 3. The monoisotopic (exact) mass is 636 g/mol. The molecule has 0 fully saturated rings. The Kier molecular flexibility index (Phi) is 6.53. The third-order valence-corrected chi connectivity index (χ3v) is 10.1. The summed E-state index contributed by atoms with van der Waals surface area (Å²) in [5, 5.41) is 10.2. The van der Waals surface area contributed by atoms with E-state index in [9.17, 15) is 0 Å². The summed E-state index contributed by atoms with van der Waals surface area (Å²) >= 11 is 0. The lowest BCUT2D eigenvalue weighted by Crippen LogP contribution is -2.09. The minimum atomic E-state index is 1.13. The predicted octanol–water partition coefficient (Wildman–Crippen LogP) is 13.4. The summed E-state index contributed by atoms with van der Waals surface area (Å²) in [6, 6.07) is 70.4. The molecular weight excluding hydrogens is 605 g/mol. The van der Waals surface area contributed by atoms with Crippen molar-refractivity contribution in [3.63, 3.8) is 0 Å². The van der Waals surface area contributed by atoms with Crippen LogP contribution in [0.5, 0.6) is 0 Å². The van der Waals surface area contributed by atoms with Gasteiger partial charge in [-0.15, -0.1) is 0 Å². The summed E-state index contributed by atoms with van der Waals surface area (Å²) in [6.45, 7) is 0. The van der Waals surface area contributed by atoms with Gasteiger partial charge >= 0.3 is 0 Å². The van der Waals surface area contributed by atoms with Crippen LogP contribution >= 0.6 is 0 Å². The van der Waals surface area contributed by atoms with Crippen molar-refractivity contribution >= 4 is 71.2 Å². The molecule has 234 valence electrons. The highest BCUT2D eigenvalue weighted by Gasteiger charge is 2.17. The molecule has 2 heteroatoms. The zero-order chi connectivity index (χ0) is 33.0. The van der Waals surface area contributed by atoms with Crippen LogP contribution in [0.3, 0.4) is 0 Å². The molecule has 0 saturated carbocycles. The average Bonchev–Trinajstić information content (AvgIpc) is 3.52. The Balaban J connectivity index is 1.20. The molecule has 0 radical (unpaired) electrons. The highest BCUT2D eigenvalue weighted by molar-refractivity contribution is 6.29. The molecule has 0 aliphatic carbocycles. The van der Waals surface area contributed by atoms with E-state index in [2.05, 4.69) is 204 Å². The van der Waals surface area contributed by atoms with Gasteiger partial charge in [-0.3, -0.25) is 0 Å². The van der Waals surface area contributed by atoms with Crippen LogP contribution in [0.2, 0.25) is 0 Å². The van der Waals surface area contributed by atoms with Crippen LogP contribution in [0.1, 0.15) is 0 Å². The fourth-order valence-corrected chi connectivity index (χ4v) is 7.88. The lowest BCUT2D eigenvalue weighted by molar-refractivity contribution is 1.18. The molecule has 0 saturated heterocycles. The van der Waals surface area contributed by atoms with E-state index in [1.54, 1.807) is 0 Å². The van der Waals surface area contributed by atoms with Crippen molar-refractivity contribution < 1.29 is 0 Å². The molecule has 0 aliphatic rings. The van der Waals surface area contributed by atoms with E-state index in [-0.39, 0.29) is 0 Å². The second-order valence-electron chi connectivity index (χ2n) is 13.0. The molecule has 0 bridgehead atoms. The third-order valence-electron chi connectivity index (χ3n) is 10.1. The van der Waals surface area contributed by atoms with Crippen molar-refractivity contribution in [2.24, 2.45) is 0 Å². The van der Waals surface area contributed by atoms with Gasteiger partial charge < -0.3 is 9.47 Å². The maximum Gasteiger partial charge on any atom is 0.0547 e. The van der Waals surface area contributed by atoms with Gasteiger partial charge in [0.1, 0.15) is 0 Å². The summed E-state index contributed by atoms with van der Waals surface area (Å²) in [7, 11) is 0. The van der Waals surface area contributed by atoms with Gasteiger partial charge in [0.05, 0.1) is 11.0 Å². The molecule has 0 amide bonds. The molecule has 1 aromatic heterocycles. The Labute approximate surface area is 290 Å². The molecule has 0 unspecified atom stereocenters. The molecule has 0 spiro atoms. The molecule has 1 heterocycles. The second-order valence-corrected chi connectivity index (χ2v) is 13.0. The predicted molar refractivity (Wildman–Crippen MR) is 213 cm³/mol. The van der Waals surface area contributed by atoms with E-state index in [0.717, 1.165) is 17.1 Å². The lowest BCUT2D eigenvalue weighted by atomic mass is 9.91. The number of rotatable bonds is 5. The van der Waals surface area contributed by atoms with Gasteiger partial charge in [-0.25, -0.2) is 0 Å². The topological polar surface area (TPSA) is 8.17 Å². The number of hydrogen-bond donors (Lipinski definition) is 0. The molecule has 10 rings (SSSR count). The maximum absolute atomic E-state index is 2.43. The van der Waals surface area contributed by atoms with Crippen LogP contribution in [0, 0.1) is 0 Å².